The minimum absolute atomic E-state index is 0.0349. The Hall–Kier alpha value is -1.32. The number of hydrogen-bond acceptors (Lipinski definition) is 2. The molecule has 0 radical (unpaired) electrons. The summed E-state index contributed by atoms with van der Waals surface area (Å²) in [6, 6.07) is 0. The largest absolute Gasteiger partial charge is 0.481 e. The lowest BCUT2D eigenvalue weighted by Crippen LogP contribution is -2.37. The summed E-state index contributed by atoms with van der Waals surface area (Å²) in [7, 11) is 0. The molecule has 0 aromatic rings. The van der Waals surface area contributed by atoms with Crippen molar-refractivity contribution in [3.8, 4) is 0 Å². The van der Waals surface area contributed by atoms with Crippen molar-refractivity contribution in [1.29, 1.82) is 0 Å². The van der Waals surface area contributed by atoms with Gasteiger partial charge in [0.1, 0.15) is 0 Å². The van der Waals surface area contributed by atoms with Crippen molar-refractivity contribution in [2.24, 2.45) is 11.3 Å². The molecule has 0 bridgehead atoms. The molecule has 2 aliphatic carbocycles. The highest BCUT2D eigenvalue weighted by molar-refractivity contribution is 5.78. The fraction of sp³-hybridized carbons (Fsp3) is 0.765. The molecule has 2 rings (SSSR count). The minimum Gasteiger partial charge on any atom is -0.481 e. The first-order valence-electron chi connectivity index (χ1n) is 8.23. The fourth-order valence-electron chi connectivity index (χ4n) is 3.74. The molecular weight excluding hydrogens is 266 g/mol. The zero-order valence-electron chi connectivity index (χ0n) is 12.8. The standard InChI is InChI=1S/C17H27NO3/c19-15(18-13-14-7-3-1-4-8-14)11-17(12-16(20)21)9-5-2-6-10-17/h1,3,14H,2,4-13H2,(H,18,19)(H,20,21). The molecule has 0 aromatic heterocycles. The van der Waals surface area contributed by atoms with Gasteiger partial charge in [-0.05, 0) is 43.4 Å². The average Bonchev–Trinajstić information content (AvgIpc) is 2.46. The van der Waals surface area contributed by atoms with Gasteiger partial charge in [0.05, 0.1) is 6.42 Å². The van der Waals surface area contributed by atoms with Crippen LogP contribution in [0.4, 0.5) is 0 Å². The van der Waals surface area contributed by atoms with E-state index < -0.39 is 5.97 Å². The van der Waals surface area contributed by atoms with Crippen LogP contribution in [0, 0.1) is 11.3 Å². The normalized spacial score (nSPS) is 24.5. The average molecular weight is 293 g/mol. The summed E-state index contributed by atoms with van der Waals surface area (Å²) in [6.07, 6.45) is 13.2. The summed E-state index contributed by atoms with van der Waals surface area (Å²) in [5.41, 5.74) is -0.305. The Morgan fingerprint density at radius 2 is 1.90 bits per heavy atom. The van der Waals surface area contributed by atoms with Crippen LogP contribution >= 0.6 is 0 Å². The molecule has 1 atom stereocenters. The quantitative estimate of drug-likeness (QED) is 0.739. The van der Waals surface area contributed by atoms with Crippen LogP contribution in [-0.4, -0.2) is 23.5 Å². The van der Waals surface area contributed by atoms with Gasteiger partial charge in [-0.25, -0.2) is 0 Å². The van der Waals surface area contributed by atoms with Crippen LogP contribution in [0.2, 0.25) is 0 Å². The summed E-state index contributed by atoms with van der Waals surface area (Å²) in [5, 5.41) is 12.2. The van der Waals surface area contributed by atoms with E-state index in [1.54, 1.807) is 0 Å². The summed E-state index contributed by atoms with van der Waals surface area (Å²) in [6.45, 7) is 0.728. The third-order valence-corrected chi connectivity index (χ3v) is 4.94. The monoisotopic (exact) mass is 293 g/mol. The molecule has 1 saturated carbocycles. The van der Waals surface area contributed by atoms with Crippen molar-refractivity contribution in [3.63, 3.8) is 0 Å². The first-order chi connectivity index (χ1) is 10.1. The molecule has 0 spiro atoms. The highest BCUT2D eigenvalue weighted by Crippen LogP contribution is 2.42. The van der Waals surface area contributed by atoms with E-state index >= 15 is 0 Å². The van der Waals surface area contributed by atoms with Gasteiger partial charge < -0.3 is 10.4 Å². The fourth-order valence-corrected chi connectivity index (χ4v) is 3.74. The van der Waals surface area contributed by atoms with E-state index in [2.05, 4.69) is 17.5 Å². The first kappa shape index (κ1) is 16.1. The number of allylic oxidation sites excluding steroid dienone is 2. The summed E-state index contributed by atoms with van der Waals surface area (Å²) in [4.78, 5) is 23.3. The molecule has 1 amide bonds. The van der Waals surface area contributed by atoms with Gasteiger partial charge in [-0.3, -0.25) is 9.59 Å². The Bertz CT molecular complexity index is 397. The summed E-state index contributed by atoms with van der Waals surface area (Å²) in [5.74, 6) is -0.199. The Balaban J connectivity index is 1.82. The van der Waals surface area contributed by atoms with Crippen molar-refractivity contribution in [1.82, 2.24) is 5.32 Å². The van der Waals surface area contributed by atoms with Crippen LogP contribution in [0.1, 0.15) is 64.2 Å². The van der Waals surface area contributed by atoms with Crippen LogP contribution in [0.15, 0.2) is 12.2 Å². The number of nitrogens with one attached hydrogen (secondary N) is 1. The van der Waals surface area contributed by atoms with Gasteiger partial charge >= 0.3 is 5.97 Å². The van der Waals surface area contributed by atoms with E-state index in [-0.39, 0.29) is 17.7 Å². The Morgan fingerprint density at radius 1 is 1.14 bits per heavy atom. The number of amides is 1. The molecule has 0 saturated heterocycles. The van der Waals surface area contributed by atoms with E-state index in [4.69, 9.17) is 5.11 Å². The number of rotatable bonds is 6. The lowest BCUT2D eigenvalue weighted by molar-refractivity contribution is -0.141. The Morgan fingerprint density at radius 3 is 2.52 bits per heavy atom. The molecule has 0 heterocycles. The molecule has 2 N–H and O–H groups in total. The topological polar surface area (TPSA) is 66.4 Å². The second kappa shape index (κ2) is 7.62. The van der Waals surface area contributed by atoms with Gasteiger partial charge in [-0.15, -0.1) is 0 Å². The lowest BCUT2D eigenvalue weighted by Gasteiger charge is -2.35. The summed E-state index contributed by atoms with van der Waals surface area (Å²) < 4.78 is 0. The van der Waals surface area contributed by atoms with Gasteiger partial charge in [-0.1, -0.05) is 31.4 Å². The third kappa shape index (κ3) is 5.18. The maximum Gasteiger partial charge on any atom is 0.303 e. The molecule has 1 fully saturated rings. The van der Waals surface area contributed by atoms with E-state index in [1.165, 1.54) is 0 Å². The van der Waals surface area contributed by atoms with Gasteiger partial charge in [-0.2, -0.15) is 0 Å². The van der Waals surface area contributed by atoms with Crippen molar-refractivity contribution in [2.45, 2.75) is 64.2 Å². The molecule has 0 aromatic carbocycles. The molecule has 21 heavy (non-hydrogen) atoms. The molecule has 118 valence electrons. The van der Waals surface area contributed by atoms with Crippen molar-refractivity contribution < 1.29 is 14.7 Å². The number of carbonyl (C=O) groups is 2. The smallest absolute Gasteiger partial charge is 0.303 e. The number of carboxylic acids is 1. The molecular formula is C17H27NO3. The maximum atomic E-state index is 12.2. The molecule has 2 aliphatic rings. The predicted molar refractivity (Wildman–Crippen MR) is 81.9 cm³/mol. The van der Waals surface area contributed by atoms with Gasteiger partial charge in [0.15, 0.2) is 0 Å². The van der Waals surface area contributed by atoms with Crippen LogP contribution in [0.3, 0.4) is 0 Å². The lowest BCUT2D eigenvalue weighted by atomic mass is 9.69. The van der Waals surface area contributed by atoms with Crippen LogP contribution in [0.5, 0.6) is 0 Å². The predicted octanol–water partition coefficient (Wildman–Crippen LogP) is 3.27. The number of hydrogen-bond donors (Lipinski definition) is 2. The maximum absolute atomic E-state index is 12.2. The highest BCUT2D eigenvalue weighted by Gasteiger charge is 2.36. The molecule has 0 aliphatic heterocycles. The Kier molecular flexibility index (Phi) is 5.83. The highest BCUT2D eigenvalue weighted by atomic mass is 16.4. The second-order valence-corrected chi connectivity index (χ2v) is 6.76. The van der Waals surface area contributed by atoms with Crippen LogP contribution in [0.25, 0.3) is 0 Å². The zero-order valence-corrected chi connectivity index (χ0v) is 12.8. The van der Waals surface area contributed by atoms with Crippen molar-refractivity contribution in [3.05, 3.63) is 12.2 Å². The van der Waals surface area contributed by atoms with Crippen molar-refractivity contribution >= 4 is 11.9 Å². The molecule has 1 unspecified atom stereocenters. The SMILES string of the molecule is O=C(O)CC1(CC(=O)NCC2CC=CCC2)CCCCC1. The third-order valence-electron chi connectivity index (χ3n) is 4.94. The first-order valence-corrected chi connectivity index (χ1v) is 8.23. The van der Waals surface area contributed by atoms with Gasteiger partial charge in [0.2, 0.25) is 5.91 Å². The second-order valence-electron chi connectivity index (χ2n) is 6.76. The molecule has 4 nitrogen and oxygen atoms in total. The van der Waals surface area contributed by atoms with E-state index in [1.807, 2.05) is 0 Å². The van der Waals surface area contributed by atoms with Gasteiger partial charge in [0, 0.05) is 13.0 Å². The van der Waals surface area contributed by atoms with Crippen molar-refractivity contribution in [2.75, 3.05) is 6.54 Å². The number of aliphatic carboxylic acids is 1. The zero-order chi connectivity index (χ0) is 15.1. The Labute approximate surface area is 127 Å². The van der Waals surface area contributed by atoms with Gasteiger partial charge in [0.25, 0.3) is 0 Å². The minimum atomic E-state index is -0.776. The van der Waals surface area contributed by atoms with E-state index in [0.717, 1.165) is 57.9 Å². The summed E-state index contributed by atoms with van der Waals surface area (Å²) >= 11 is 0. The van der Waals surface area contributed by atoms with Crippen LogP contribution in [-0.2, 0) is 9.59 Å². The number of carbonyl (C=O) groups excluding carboxylic acids is 1. The number of carboxylic acid groups (broad SMARTS) is 1. The van der Waals surface area contributed by atoms with E-state index in [9.17, 15) is 9.59 Å². The van der Waals surface area contributed by atoms with E-state index in [0.29, 0.717) is 12.3 Å². The molecule has 4 heteroatoms. The van der Waals surface area contributed by atoms with Crippen LogP contribution < -0.4 is 5.32 Å².